The van der Waals surface area contributed by atoms with Crippen LogP contribution in [0.2, 0.25) is 0 Å². The molecule has 0 aliphatic carbocycles. The first-order chi connectivity index (χ1) is 16.1. The third-order valence-electron chi connectivity index (χ3n) is 5.90. The molecule has 2 aromatic rings. The van der Waals surface area contributed by atoms with Crippen LogP contribution in [0.4, 0.5) is 0 Å². The summed E-state index contributed by atoms with van der Waals surface area (Å²) in [7, 11) is 5.38. The molecule has 0 aliphatic heterocycles. The molecule has 0 aliphatic rings. The van der Waals surface area contributed by atoms with Crippen LogP contribution in [0, 0.1) is 0 Å². The number of hydrogen-bond acceptors (Lipinski definition) is 5. The zero-order chi connectivity index (χ0) is 23.7. The number of nitrogens with zero attached hydrogens (tertiary/aromatic N) is 1. The van der Waals surface area contributed by atoms with Crippen LogP contribution in [0.1, 0.15) is 61.3 Å². The number of rotatable bonds is 18. The van der Waals surface area contributed by atoms with E-state index in [2.05, 4.69) is 42.3 Å². The number of benzene rings is 2. The molecular weight excluding hydrogens is 414 g/mol. The quantitative estimate of drug-likeness (QED) is 0.304. The Morgan fingerprint density at radius 3 is 2.33 bits per heavy atom. The van der Waals surface area contributed by atoms with E-state index >= 15 is 0 Å². The smallest absolute Gasteiger partial charge is 0.124 e. The van der Waals surface area contributed by atoms with E-state index in [1.165, 1.54) is 24.8 Å². The van der Waals surface area contributed by atoms with Crippen molar-refractivity contribution < 1.29 is 19.3 Å². The van der Waals surface area contributed by atoms with Gasteiger partial charge in [0.1, 0.15) is 5.75 Å². The maximum absolute atomic E-state index is 10.6. The normalized spacial score (nSPS) is 12.3. The molecule has 2 rings (SSSR count). The number of ether oxygens (including phenoxy) is 3. The van der Waals surface area contributed by atoms with Gasteiger partial charge >= 0.3 is 0 Å². The van der Waals surface area contributed by atoms with Gasteiger partial charge < -0.3 is 24.2 Å². The Kier molecular flexibility index (Phi) is 13.8. The third-order valence-corrected chi connectivity index (χ3v) is 5.90. The molecule has 0 bridgehead atoms. The van der Waals surface area contributed by atoms with E-state index in [4.69, 9.17) is 14.2 Å². The van der Waals surface area contributed by atoms with E-state index < -0.39 is 6.10 Å². The molecule has 5 nitrogen and oxygen atoms in total. The Morgan fingerprint density at radius 2 is 1.61 bits per heavy atom. The lowest BCUT2D eigenvalue weighted by molar-refractivity contribution is 0.122. The molecule has 0 aromatic heterocycles. The van der Waals surface area contributed by atoms with Crippen LogP contribution < -0.4 is 4.74 Å². The molecule has 0 spiro atoms. The highest BCUT2D eigenvalue weighted by Gasteiger charge is 2.13. The SMILES string of the molecule is COCc1cc(C(O)CN(C)CCCCCCOCCCCc2ccccc2)ccc1OC. The van der Waals surface area contributed by atoms with Crippen molar-refractivity contribution in [3.05, 3.63) is 65.2 Å². The first kappa shape index (κ1) is 27.3. The van der Waals surface area contributed by atoms with Crippen LogP contribution in [0.5, 0.6) is 5.75 Å². The second-order valence-electron chi connectivity index (χ2n) is 8.75. The third kappa shape index (κ3) is 11.2. The minimum absolute atomic E-state index is 0.469. The number of aryl methyl sites for hydroxylation is 1. The standard InChI is InChI=1S/C28H43NO4/c1-29(22-27(30)25-16-17-28(32-3)26(21-25)23-31-2)18-10-4-5-11-19-33-20-12-9-15-24-13-7-6-8-14-24/h6-8,13-14,16-17,21,27,30H,4-5,9-12,15,18-20,22-23H2,1-3H3. The number of aliphatic hydroxyl groups excluding tert-OH is 1. The van der Waals surface area contributed by atoms with Gasteiger partial charge in [-0.2, -0.15) is 0 Å². The Hall–Kier alpha value is -1.92. The van der Waals surface area contributed by atoms with Crippen molar-refractivity contribution in [2.75, 3.05) is 47.6 Å². The molecule has 1 atom stereocenters. The second-order valence-corrected chi connectivity index (χ2v) is 8.75. The van der Waals surface area contributed by atoms with Crippen molar-refractivity contribution in [2.24, 2.45) is 0 Å². The molecule has 0 radical (unpaired) electrons. The largest absolute Gasteiger partial charge is 0.496 e. The van der Waals surface area contributed by atoms with Gasteiger partial charge in [0.2, 0.25) is 0 Å². The van der Waals surface area contributed by atoms with E-state index in [0.29, 0.717) is 13.2 Å². The maximum atomic E-state index is 10.6. The van der Waals surface area contributed by atoms with Gasteiger partial charge in [-0.1, -0.05) is 49.2 Å². The molecule has 0 heterocycles. The predicted octanol–water partition coefficient (Wildman–Crippen LogP) is 5.41. The molecule has 33 heavy (non-hydrogen) atoms. The Balaban J connectivity index is 1.49. The van der Waals surface area contributed by atoms with Crippen LogP contribution in [0.15, 0.2) is 48.5 Å². The zero-order valence-corrected chi connectivity index (χ0v) is 20.8. The lowest BCUT2D eigenvalue weighted by Crippen LogP contribution is -2.25. The summed E-state index contributed by atoms with van der Waals surface area (Å²) in [5, 5.41) is 10.6. The summed E-state index contributed by atoms with van der Waals surface area (Å²) < 4.78 is 16.4. The lowest BCUT2D eigenvalue weighted by Gasteiger charge is -2.21. The van der Waals surface area contributed by atoms with Crippen molar-refractivity contribution >= 4 is 0 Å². The predicted molar refractivity (Wildman–Crippen MR) is 135 cm³/mol. The Labute approximate surface area is 200 Å². The van der Waals surface area contributed by atoms with Crippen molar-refractivity contribution in [1.29, 1.82) is 0 Å². The highest BCUT2D eigenvalue weighted by molar-refractivity contribution is 5.37. The van der Waals surface area contributed by atoms with Gasteiger partial charge in [0.15, 0.2) is 0 Å². The average Bonchev–Trinajstić information content (AvgIpc) is 2.83. The minimum Gasteiger partial charge on any atom is -0.496 e. The minimum atomic E-state index is -0.521. The van der Waals surface area contributed by atoms with Crippen LogP contribution >= 0.6 is 0 Å². The number of likely N-dealkylation sites (N-methyl/N-ethyl adjacent to an activating group) is 1. The highest BCUT2D eigenvalue weighted by Crippen LogP contribution is 2.24. The maximum Gasteiger partial charge on any atom is 0.124 e. The average molecular weight is 458 g/mol. The van der Waals surface area contributed by atoms with Crippen LogP contribution in [-0.4, -0.2) is 57.6 Å². The fourth-order valence-electron chi connectivity index (χ4n) is 3.99. The van der Waals surface area contributed by atoms with E-state index in [-0.39, 0.29) is 0 Å². The van der Waals surface area contributed by atoms with Crippen LogP contribution in [0.3, 0.4) is 0 Å². The summed E-state index contributed by atoms with van der Waals surface area (Å²) in [6.45, 7) is 3.80. The van der Waals surface area contributed by atoms with E-state index in [1.807, 2.05) is 18.2 Å². The summed E-state index contributed by atoms with van der Waals surface area (Å²) in [5.74, 6) is 0.789. The van der Waals surface area contributed by atoms with Crippen LogP contribution in [0.25, 0.3) is 0 Å². The van der Waals surface area contributed by atoms with Crippen molar-refractivity contribution in [3.63, 3.8) is 0 Å². The Morgan fingerprint density at radius 1 is 0.879 bits per heavy atom. The van der Waals surface area contributed by atoms with Gasteiger partial charge in [0.05, 0.1) is 19.8 Å². The molecule has 0 saturated carbocycles. The summed E-state index contributed by atoms with van der Waals surface area (Å²) >= 11 is 0. The first-order valence-corrected chi connectivity index (χ1v) is 12.3. The monoisotopic (exact) mass is 457 g/mol. The van der Waals surface area contributed by atoms with Crippen molar-refractivity contribution in [1.82, 2.24) is 4.90 Å². The van der Waals surface area contributed by atoms with Gasteiger partial charge in [0, 0.05) is 32.4 Å². The van der Waals surface area contributed by atoms with Crippen LogP contribution in [-0.2, 0) is 22.5 Å². The number of aliphatic hydroxyl groups is 1. The molecule has 2 aromatic carbocycles. The Bertz CT molecular complexity index is 753. The summed E-state index contributed by atoms with van der Waals surface area (Å²) in [5.41, 5.74) is 3.27. The number of methoxy groups -OCH3 is 2. The highest BCUT2D eigenvalue weighted by atomic mass is 16.5. The molecule has 5 heteroatoms. The molecule has 1 unspecified atom stereocenters. The molecular formula is C28H43NO4. The second kappa shape index (κ2) is 16.7. The zero-order valence-electron chi connectivity index (χ0n) is 20.8. The first-order valence-electron chi connectivity index (χ1n) is 12.3. The van der Waals surface area contributed by atoms with Gasteiger partial charge in [0.25, 0.3) is 0 Å². The summed E-state index contributed by atoms with van der Waals surface area (Å²) in [4.78, 5) is 2.20. The molecule has 0 saturated heterocycles. The molecule has 184 valence electrons. The van der Waals surface area contributed by atoms with E-state index in [9.17, 15) is 5.11 Å². The van der Waals surface area contributed by atoms with E-state index in [1.54, 1.807) is 14.2 Å². The number of hydrogen-bond donors (Lipinski definition) is 1. The molecule has 0 fully saturated rings. The fourth-order valence-corrected chi connectivity index (χ4v) is 3.99. The van der Waals surface area contributed by atoms with Crippen molar-refractivity contribution in [3.8, 4) is 5.75 Å². The van der Waals surface area contributed by atoms with Gasteiger partial charge in [-0.25, -0.2) is 0 Å². The lowest BCUT2D eigenvalue weighted by atomic mass is 10.0. The summed E-state index contributed by atoms with van der Waals surface area (Å²) in [6.07, 6.45) is 7.58. The van der Waals surface area contributed by atoms with Gasteiger partial charge in [-0.05, 0) is 69.0 Å². The topological polar surface area (TPSA) is 51.2 Å². The fraction of sp³-hybridized carbons (Fsp3) is 0.571. The summed E-state index contributed by atoms with van der Waals surface area (Å²) in [6, 6.07) is 16.5. The van der Waals surface area contributed by atoms with Gasteiger partial charge in [-0.15, -0.1) is 0 Å². The van der Waals surface area contributed by atoms with Crippen molar-refractivity contribution in [2.45, 2.75) is 57.7 Å². The van der Waals surface area contributed by atoms with E-state index in [0.717, 1.165) is 62.3 Å². The molecule has 1 N–H and O–H groups in total. The molecule has 0 amide bonds. The van der Waals surface area contributed by atoms with Gasteiger partial charge in [-0.3, -0.25) is 0 Å². The number of unbranched alkanes of at least 4 members (excludes halogenated alkanes) is 4.